The SMILES string of the molecule is CC1(C)[C@@H]2C[C@H]3OB(Cc4cccc(C(=O)OP)c4OP)O[C@@]3(C)[C@H]1C2. The average molecular weight is 394 g/mol. The maximum Gasteiger partial charge on any atom is 0.462 e. The van der Waals surface area contributed by atoms with Gasteiger partial charge in [-0.15, -0.1) is 0 Å². The normalized spacial score (nSPS) is 34.0. The van der Waals surface area contributed by atoms with Crippen LogP contribution in [0.4, 0.5) is 0 Å². The Morgan fingerprint density at radius 1 is 1.31 bits per heavy atom. The summed E-state index contributed by atoms with van der Waals surface area (Å²) in [6, 6.07) is 5.44. The first kappa shape index (κ1) is 18.7. The minimum absolute atomic E-state index is 0.143. The molecule has 1 heterocycles. The van der Waals surface area contributed by atoms with Crippen LogP contribution in [0.2, 0.25) is 0 Å². The number of hydrogen-bond donors (Lipinski definition) is 0. The number of benzene rings is 1. The number of carbonyl (C=O) groups excluding carboxylic acids is 1. The molecule has 4 aliphatic rings. The Morgan fingerprint density at radius 3 is 2.73 bits per heavy atom. The van der Waals surface area contributed by atoms with Crippen LogP contribution in [-0.2, 0) is 20.2 Å². The van der Waals surface area contributed by atoms with E-state index < -0.39 is 5.97 Å². The molecular weight excluding hydrogens is 369 g/mol. The van der Waals surface area contributed by atoms with Gasteiger partial charge in [0, 0.05) is 6.32 Å². The van der Waals surface area contributed by atoms with Gasteiger partial charge in [0.25, 0.3) is 0 Å². The molecule has 0 aromatic heterocycles. The van der Waals surface area contributed by atoms with Crippen molar-refractivity contribution in [3.8, 4) is 5.75 Å². The highest BCUT2D eigenvalue weighted by Gasteiger charge is 2.67. The van der Waals surface area contributed by atoms with Crippen LogP contribution >= 0.6 is 18.9 Å². The van der Waals surface area contributed by atoms with Crippen LogP contribution in [0.3, 0.4) is 0 Å². The Hall–Kier alpha value is -0.665. The van der Waals surface area contributed by atoms with Crippen molar-refractivity contribution in [2.75, 3.05) is 0 Å². The third-order valence-corrected chi connectivity index (χ3v) is 7.38. The van der Waals surface area contributed by atoms with Crippen LogP contribution in [-0.4, -0.2) is 24.8 Å². The van der Waals surface area contributed by atoms with Gasteiger partial charge in [-0.1, -0.05) is 26.0 Å². The molecule has 26 heavy (non-hydrogen) atoms. The Labute approximate surface area is 159 Å². The summed E-state index contributed by atoms with van der Waals surface area (Å²) in [5.41, 5.74) is 1.34. The molecule has 0 radical (unpaired) electrons. The summed E-state index contributed by atoms with van der Waals surface area (Å²) in [5.74, 6) is 1.28. The molecule has 3 saturated carbocycles. The molecule has 5 nitrogen and oxygen atoms in total. The topological polar surface area (TPSA) is 54.0 Å². The Morgan fingerprint density at radius 2 is 2.08 bits per heavy atom. The number of para-hydroxylation sites is 1. The van der Waals surface area contributed by atoms with Gasteiger partial charge in [0.1, 0.15) is 11.3 Å². The number of hydrogen-bond acceptors (Lipinski definition) is 5. The molecule has 0 spiro atoms. The molecule has 3 aliphatic carbocycles. The predicted molar refractivity (Wildman–Crippen MR) is 106 cm³/mol. The van der Waals surface area contributed by atoms with E-state index in [0.717, 1.165) is 17.9 Å². The molecule has 140 valence electrons. The molecule has 1 aromatic carbocycles. The van der Waals surface area contributed by atoms with E-state index in [1.165, 1.54) is 6.42 Å². The molecule has 1 aliphatic heterocycles. The van der Waals surface area contributed by atoms with Crippen molar-refractivity contribution in [2.45, 2.75) is 51.6 Å². The minimum atomic E-state index is -0.453. The molecule has 0 N–H and O–H groups in total. The minimum Gasteiger partial charge on any atom is -0.479 e. The van der Waals surface area contributed by atoms with Crippen molar-refractivity contribution in [3.63, 3.8) is 0 Å². The average Bonchev–Trinajstić information content (AvgIpc) is 2.95. The molecule has 1 aromatic rings. The van der Waals surface area contributed by atoms with Crippen molar-refractivity contribution in [3.05, 3.63) is 29.3 Å². The lowest BCUT2D eigenvalue weighted by molar-refractivity contribution is -0.199. The summed E-state index contributed by atoms with van der Waals surface area (Å²) in [6.07, 6.45) is 2.96. The lowest BCUT2D eigenvalue weighted by Gasteiger charge is -2.64. The number of carbonyl (C=O) groups is 1. The summed E-state index contributed by atoms with van der Waals surface area (Å²) in [4.78, 5) is 12.0. The van der Waals surface area contributed by atoms with E-state index in [-0.39, 0.29) is 18.8 Å². The fraction of sp³-hybridized carbons (Fsp3) is 0.611. The first-order chi connectivity index (χ1) is 12.3. The monoisotopic (exact) mass is 394 g/mol. The first-order valence-corrected chi connectivity index (χ1v) is 9.98. The smallest absolute Gasteiger partial charge is 0.462 e. The van der Waals surface area contributed by atoms with E-state index in [9.17, 15) is 4.79 Å². The third-order valence-electron chi connectivity index (χ3n) is 6.93. The highest BCUT2D eigenvalue weighted by Crippen LogP contribution is 2.65. The van der Waals surface area contributed by atoms with Gasteiger partial charge in [-0.2, -0.15) is 0 Å². The number of rotatable bonds is 4. The maximum absolute atomic E-state index is 12.0. The van der Waals surface area contributed by atoms with Gasteiger partial charge in [-0.25, -0.2) is 4.79 Å². The van der Waals surface area contributed by atoms with Crippen LogP contribution in [0.1, 0.15) is 49.5 Å². The molecule has 2 bridgehead atoms. The summed E-state index contributed by atoms with van der Waals surface area (Å²) in [5, 5.41) is 0. The second-order valence-corrected chi connectivity index (χ2v) is 8.89. The molecule has 4 fully saturated rings. The highest BCUT2D eigenvalue weighted by molar-refractivity contribution is 7.11. The van der Waals surface area contributed by atoms with Gasteiger partial charge < -0.3 is 18.4 Å². The molecule has 8 heteroatoms. The van der Waals surface area contributed by atoms with Gasteiger partial charge in [0.15, 0.2) is 0 Å². The van der Waals surface area contributed by atoms with E-state index in [2.05, 4.69) is 30.2 Å². The zero-order chi connectivity index (χ0) is 18.7. The quantitative estimate of drug-likeness (QED) is 0.577. The second-order valence-electron chi connectivity index (χ2n) is 8.42. The Kier molecular flexibility index (Phi) is 4.63. The summed E-state index contributed by atoms with van der Waals surface area (Å²) in [7, 11) is 3.85. The van der Waals surface area contributed by atoms with Gasteiger partial charge >= 0.3 is 13.1 Å². The Balaban J connectivity index is 1.56. The van der Waals surface area contributed by atoms with E-state index >= 15 is 0 Å². The van der Waals surface area contributed by atoms with E-state index in [1.54, 1.807) is 6.07 Å². The largest absolute Gasteiger partial charge is 0.479 e. The molecule has 0 amide bonds. The fourth-order valence-electron chi connectivity index (χ4n) is 5.33. The lowest BCUT2D eigenvalue weighted by atomic mass is 9.43. The van der Waals surface area contributed by atoms with Crippen molar-refractivity contribution in [2.24, 2.45) is 17.3 Å². The summed E-state index contributed by atoms with van der Waals surface area (Å²) >= 11 is 0. The van der Waals surface area contributed by atoms with Gasteiger partial charge in [0.2, 0.25) is 0 Å². The molecule has 6 atom stereocenters. The second kappa shape index (κ2) is 6.45. The van der Waals surface area contributed by atoms with Gasteiger partial charge in [0.05, 0.1) is 30.6 Å². The fourth-order valence-corrected chi connectivity index (χ4v) is 5.73. The van der Waals surface area contributed by atoms with Crippen molar-refractivity contribution in [1.82, 2.24) is 0 Å². The zero-order valence-corrected chi connectivity index (χ0v) is 17.7. The zero-order valence-electron chi connectivity index (χ0n) is 15.4. The van der Waals surface area contributed by atoms with Crippen molar-refractivity contribution < 1.29 is 23.2 Å². The highest BCUT2D eigenvalue weighted by atomic mass is 31.0. The summed E-state index contributed by atoms with van der Waals surface area (Å²) in [6.45, 7) is 6.90. The maximum atomic E-state index is 12.0. The van der Waals surface area contributed by atoms with Crippen LogP contribution < -0.4 is 4.52 Å². The van der Waals surface area contributed by atoms with E-state index in [0.29, 0.717) is 29.0 Å². The molecule has 2 unspecified atom stereocenters. The van der Waals surface area contributed by atoms with Crippen LogP contribution in [0.25, 0.3) is 0 Å². The van der Waals surface area contributed by atoms with Crippen LogP contribution in [0, 0.1) is 17.3 Å². The van der Waals surface area contributed by atoms with Crippen LogP contribution in [0.15, 0.2) is 18.2 Å². The summed E-state index contributed by atoms with van der Waals surface area (Å²) < 4.78 is 22.9. The van der Waals surface area contributed by atoms with E-state index in [4.69, 9.17) is 18.4 Å². The van der Waals surface area contributed by atoms with Crippen molar-refractivity contribution in [1.29, 1.82) is 0 Å². The van der Waals surface area contributed by atoms with Gasteiger partial charge in [-0.05, 0) is 48.6 Å². The first-order valence-electron chi connectivity index (χ1n) is 9.04. The van der Waals surface area contributed by atoms with Crippen molar-refractivity contribution >= 4 is 32.0 Å². The van der Waals surface area contributed by atoms with E-state index in [1.807, 2.05) is 21.6 Å². The standard InChI is InChI=1S/C18H25BO5P2/c1-17(2)11-7-13(17)18(3)14(8-11)21-19(24-18)9-10-5-4-6-12(15(10)22-25)16(20)23-26/h4-6,11,13-14H,7-9,25-26H2,1-3H3/t11-,13-,14+,18-/m0/s1. The van der Waals surface area contributed by atoms with Crippen LogP contribution in [0.5, 0.6) is 5.75 Å². The molecule has 5 rings (SSSR count). The molecular formula is C18H25BO5P2. The van der Waals surface area contributed by atoms with Gasteiger partial charge in [-0.3, -0.25) is 0 Å². The predicted octanol–water partition coefficient (Wildman–Crippen LogP) is 3.61. The molecule has 1 saturated heterocycles. The third kappa shape index (κ3) is 2.65. The lowest BCUT2D eigenvalue weighted by Crippen LogP contribution is -2.65. The Bertz CT molecular complexity index is 742.